The van der Waals surface area contributed by atoms with E-state index in [1.807, 2.05) is 0 Å². The van der Waals surface area contributed by atoms with Crippen LogP contribution in [0.2, 0.25) is 0 Å². The van der Waals surface area contributed by atoms with Crippen molar-refractivity contribution in [1.29, 1.82) is 0 Å². The molecule has 1 aromatic rings. The molecule has 0 aliphatic carbocycles. The summed E-state index contributed by atoms with van der Waals surface area (Å²) in [5, 5.41) is 2.72. The molecule has 1 N–H and O–H groups in total. The van der Waals surface area contributed by atoms with Crippen molar-refractivity contribution in [3.05, 3.63) is 23.8 Å². The fourth-order valence-corrected chi connectivity index (χ4v) is 4.34. The Labute approximate surface area is 137 Å². The number of anilines is 1. The second kappa shape index (κ2) is 6.59. The van der Waals surface area contributed by atoms with E-state index in [-0.39, 0.29) is 17.2 Å². The van der Waals surface area contributed by atoms with Crippen LogP contribution in [0.5, 0.6) is 0 Å². The van der Waals surface area contributed by atoms with E-state index in [9.17, 15) is 13.2 Å². The van der Waals surface area contributed by atoms with E-state index in [1.54, 1.807) is 25.2 Å². The van der Waals surface area contributed by atoms with Gasteiger partial charge >= 0.3 is 0 Å². The largest absolute Gasteiger partial charge is 0.326 e. The van der Waals surface area contributed by atoms with E-state index in [2.05, 4.69) is 10.2 Å². The first kappa shape index (κ1) is 16.4. The molecule has 0 radical (unpaired) electrons. The molecule has 1 amide bonds. The minimum absolute atomic E-state index is 0.0898. The van der Waals surface area contributed by atoms with E-state index in [4.69, 9.17) is 0 Å². The molecule has 23 heavy (non-hydrogen) atoms. The third-order valence-electron chi connectivity index (χ3n) is 4.59. The summed E-state index contributed by atoms with van der Waals surface area (Å²) in [6, 6.07) is 4.85. The molecule has 126 valence electrons. The highest BCUT2D eigenvalue weighted by Gasteiger charge is 2.25. The first-order valence-electron chi connectivity index (χ1n) is 8.08. The standard InChI is InChI=1S/C16H23N3O3S/c1-18(9-10-19-7-3-2-4-8-19)23(21,22)14-5-6-15-13(11-14)12-16(20)17-15/h5-6,11H,2-4,7-10,12H2,1H3,(H,17,20). The number of rotatable bonds is 5. The third-order valence-corrected chi connectivity index (χ3v) is 6.44. The molecule has 1 fully saturated rings. The first-order chi connectivity index (χ1) is 11.0. The van der Waals surface area contributed by atoms with Gasteiger partial charge in [0.1, 0.15) is 0 Å². The van der Waals surface area contributed by atoms with Crippen molar-refractivity contribution in [2.45, 2.75) is 30.6 Å². The molecule has 2 aliphatic rings. The van der Waals surface area contributed by atoms with Crippen LogP contribution in [-0.2, 0) is 21.2 Å². The highest BCUT2D eigenvalue weighted by atomic mass is 32.2. The number of benzene rings is 1. The Morgan fingerprint density at radius 2 is 1.96 bits per heavy atom. The number of piperidine rings is 1. The molecule has 0 aromatic heterocycles. The Kier molecular flexibility index (Phi) is 4.70. The summed E-state index contributed by atoms with van der Waals surface area (Å²) in [5.74, 6) is -0.0898. The summed E-state index contributed by atoms with van der Waals surface area (Å²) < 4.78 is 26.8. The maximum atomic E-state index is 12.7. The monoisotopic (exact) mass is 337 g/mol. The summed E-state index contributed by atoms with van der Waals surface area (Å²) in [6.07, 6.45) is 3.91. The number of fused-ring (bicyclic) bond motifs is 1. The predicted molar refractivity (Wildman–Crippen MR) is 88.9 cm³/mol. The molecule has 0 unspecified atom stereocenters. The third kappa shape index (κ3) is 3.57. The molecule has 0 spiro atoms. The Hall–Kier alpha value is -1.44. The molecule has 2 aliphatic heterocycles. The van der Waals surface area contributed by atoms with Crippen LogP contribution < -0.4 is 5.32 Å². The summed E-state index contributed by atoms with van der Waals surface area (Å²) in [5.41, 5.74) is 1.46. The maximum absolute atomic E-state index is 12.7. The Morgan fingerprint density at radius 1 is 1.22 bits per heavy atom. The lowest BCUT2D eigenvalue weighted by Crippen LogP contribution is -2.38. The highest BCUT2D eigenvalue weighted by Crippen LogP contribution is 2.27. The molecule has 3 rings (SSSR count). The van der Waals surface area contributed by atoms with Crippen LogP contribution in [0.4, 0.5) is 5.69 Å². The fraction of sp³-hybridized carbons (Fsp3) is 0.562. The van der Waals surface area contributed by atoms with Crippen molar-refractivity contribution in [2.24, 2.45) is 0 Å². The van der Waals surface area contributed by atoms with Gasteiger partial charge in [-0.1, -0.05) is 6.42 Å². The van der Waals surface area contributed by atoms with Crippen LogP contribution in [-0.4, -0.2) is 56.8 Å². The van der Waals surface area contributed by atoms with Crippen LogP contribution in [0, 0.1) is 0 Å². The van der Waals surface area contributed by atoms with Gasteiger partial charge < -0.3 is 10.2 Å². The number of likely N-dealkylation sites (tertiary alicyclic amines) is 1. The van der Waals surface area contributed by atoms with Gasteiger partial charge in [-0.25, -0.2) is 8.42 Å². The second-order valence-corrected chi connectivity index (χ2v) is 8.32. The zero-order chi connectivity index (χ0) is 16.4. The van der Waals surface area contributed by atoms with Gasteiger partial charge in [-0.3, -0.25) is 4.79 Å². The number of hydrogen-bond donors (Lipinski definition) is 1. The molecule has 2 heterocycles. The van der Waals surface area contributed by atoms with E-state index in [0.29, 0.717) is 12.2 Å². The summed E-state index contributed by atoms with van der Waals surface area (Å²) in [7, 11) is -1.89. The quantitative estimate of drug-likeness (QED) is 0.879. The summed E-state index contributed by atoms with van der Waals surface area (Å²) >= 11 is 0. The Bertz CT molecular complexity index is 697. The Balaban J connectivity index is 1.68. The molecular formula is C16H23N3O3S. The predicted octanol–water partition coefficient (Wildman–Crippen LogP) is 1.29. The number of amides is 1. The van der Waals surface area contributed by atoms with Crippen molar-refractivity contribution in [3.8, 4) is 0 Å². The zero-order valence-corrected chi connectivity index (χ0v) is 14.2. The van der Waals surface area contributed by atoms with Crippen LogP contribution in [0.15, 0.2) is 23.1 Å². The number of nitrogens with zero attached hydrogens (tertiary/aromatic N) is 2. The number of likely N-dealkylation sites (N-methyl/N-ethyl adjacent to an activating group) is 1. The lowest BCUT2D eigenvalue weighted by molar-refractivity contribution is -0.115. The van der Waals surface area contributed by atoms with Crippen molar-refractivity contribution in [1.82, 2.24) is 9.21 Å². The van der Waals surface area contributed by atoms with E-state index in [0.717, 1.165) is 25.2 Å². The molecule has 1 saturated heterocycles. The van der Waals surface area contributed by atoms with Gasteiger partial charge in [0.25, 0.3) is 0 Å². The summed E-state index contributed by atoms with van der Waals surface area (Å²) in [4.78, 5) is 14.0. The van der Waals surface area contributed by atoms with E-state index >= 15 is 0 Å². The van der Waals surface area contributed by atoms with Crippen molar-refractivity contribution < 1.29 is 13.2 Å². The minimum atomic E-state index is -3.51. The topological polar surface area (TPSA) is 69.7 Å². The van der Waals surface area contributed by atoms with Gasteiger partial charge in [0.2, 0.25) is 15.9 Å². The normalized spacial score (nSPS) is 19.0. The number of carbonyl (C=O) groups is 1. The molecule has 7 heteroatoms. The lowest BCUT2D eigenvalue weighted by atomic mass is 10.1. The van der Waals surface area contributed by atoms with Gasteiger partial charge in [0, 0.05) is 25.8 Å². The van der Waals surface area contributed by atoms with Gasteiger partial charge in [0.15, 0.2) is 0 Å². The number of carbonyl (C=O) groups excluding carboxylic acids is 1. The van der Waals surface area contributed by atoms with Gasteiger partial charge in [-0.15, -0.1) is 0 Å². The SMILES string of the molecule is CN(CCN1CCCCC1)S(=O)(=O)c1ccc2c(c1)CC(=O)N2. The van der Waals surface area contributed by atoms with Crippen LogP contribution in [0.1, 0.15) is 24.8 Å². The van der Waals surface area contributed by atoms with E-state index in [1.165, 1.54) is 23.6 Å². The van der Waals surface area contributed by atoms with Crippen molar-refractivity contribution in [3.63, 3.8) is 0 Å². The van der Waals surface area contributed by atoms with Gasteiger partial charge in [-0.05, 0) is 49.7 Å². The van der Waals surface area contributed by atoms with Crippen molar-refractivity contribution >= 4 is 21.6 Å². The smallest absolute Gasteiger partial charge is 0.242 e. The van der Waals surface area contributed by atoms with Crippen LogP contribution in [0.3, 0.4) is 0 Å². The molecule has 0 bridgehead atoms. The van der Waals surface area contributed by atoms with E-state index < -0.39 is 10.0 Å². The Morgan fingerprint density at radius 3 is 2.70 bits per heavy atom. The average Bonchev–Trinajstić information content (AvgIpc) is 2.92. The highest BCUT2D eigenvalue weighted by molar-refractivity contribution is 7.89. The van der Waals surface area contributed by atoms with Crippen molar-refractivity contribution in [2.75, 3.05) is 38.5 Å². The average molecular weight is 337 g/mol. The van der Waals surface area contributed by atoms with Gasteiger partial charge in [0.05, 0.1) is 11.3 Å². The lowest BCUT2D eigenvalue weighted by Gasteiger charge is -2.28. The fourth-order valence-electron chi connectivity index (χ4n) is 3.13. The molecule has 0 saturated carbocycles. The molecular weight excluding hydrogens is 314 g/mol. The number of sulfonamides is 1. The second-order valence-electron chi connectivity index (χ2n) is 6.27. The number of nitrogens with one attached hydrogen (secondary N) is 1. The number of hydrogen-bond acceptors (Lipinski definition) is 4. The van der Waals surface area contributed by atoms with Crippen LogP contribution in [0.25, 0.3) is 0 Å². The first-order valence-corrected chi connectivity index (χ1v) is 9.52. The zero-order valence-electron chi connectivity index (χ0n) is 13.4. The molecule has 6 nitrogen and oxygen atoms in total. The molecule has 1 aromatic carbocycles. The van der Waals surface area contributed by atoms with Gasteiger partial charge in [-0.2, -0.15) is 4.31 Å². The van der Waals surface area contributed by atoms with Crippen LogP contribution >= 0.6 is 0 Å². The minimum Gasteiger partial charge on any atom is -0.326 e. The molecule has 0 atom stereocenters. The maximum Gasteiger partial charge on any atom is 0.242 e. The summed E-state index contributed by atoms with van der Waals surface area (Å²) in [6.45, 7) is 3.36.